The highest BCUT2D eigenvalue weighted by atomic mass is 16.1. The van der Waals surface area contributed by atoms with E-state index in [-0.39, 0.29) is 6.04 Å². The number of carbonyl (C=O) groups is 1. The first-order valence-electron chi connectivity index (χ1n) is 3.07. The van der Waals surface area contributed by atoms with Crippen LogP contribution >= 0.6 is 0 Å². The normalized spacial score (nSPS) is 30.6. The molecule has 1 atom stereocenters. The number of piperidine rings is 1. The van der Waals surface area contributed by atoms with Crippen LogP contribution in [-0.4, -0.2) is 18.4 Å². The summed E-state index contributed by atoms with van der Waals surface area (Å²) < 4.78 is 0. The maximum Gasteiger partial charge on any atom is 0.149 e. The van der Waals surface area contributed by atoms with Crippen LogP contribution in [0.3, 0.4) is 0 Å². The van der Waals surface area contributed by atoms with E-state index in [0.717, 1.165) is 19.4 Å². The van der Waals surface area contributed by atoms with Crippen LogP contribution in [0, 0.1) is 0 Å². The van der Waals surface area contributed by atoms with Crippen molar-refractivity contribution >= 4 is 5.78 Å². The van der Waals surface area contributed by atoms with Gasteiger partial charge in [0.25, 0.3) is 0 Å². The molecule has 1 saturated heterocycles. The van der Waals surface area contributed by atoms with E-state index in [4.69, 9.17) is 0 Å². The molecule has 8 heavy (non-hydrogen) atoms. The predicted octanol–water partition coefficient (Wildman–Crippen LogP) is 0.327. The van der Waals surface area contributed by atoms with Crippen molar-refractivity contribution in [2.75, 3.05) is 6.54 Å². The second kappa shape index (κ2) is 2.27. The zero-order valence-corrected chi connectivity index (χ0v) is 5.11. The molecule has 0 radical (unpaired) electrons. The summed E-state index contributed by atoms with van der Waals surface area (Å²) in [5.74, 6) is 0.358. The standard InChI is InChI=1S/C6H11NO/c1-5-6(8)3-2-4-7-5/h5,7H,2-4H2,1H3/t5-/m1/s1. The van der Waals surface area contributed by atoms with E-state index in [1.165, 1.54) is 0 Å². The average Bonchev–Trinajstić information content (AvgIpc) is 1.77. The van der Waals surface area contributed by atoms with Gasteiger partial charge in [0.2, 0.25) is 0 Å². The van der Waals surface area contributed by atoms with Gasteiger partial charge >= 0.3 is 0 Å². The van der Waals surface area contributed by atoms with E-state index in [1.807, 2.05) is 6.92 Å². The number of rotatable bonds is 0. The minimum atomic E-state index is 0.115. The Bertz CT molecular complexity index is 101. The summed E-state index contributed by atoms with van der Waals surface area (Å²) in [7, 11) is 0. The molecular formula is C6H11NO. The topological polar surface area (TPSA) is 29.1 Å². The van der Waals surface area contributed by atoms with Crippen LogP contribution in [0.1, 0.15) is 19.8 Å². The SMILES string of the molecule is C[C@H]1NCCCC1=O. The Morgan fingerprint density at radius 1 is 1.75 bits per heavy atom. The minimum absolute atomic E-state index is 0.115. The Balaban J connectivity index is 2.39. The molecule has 1 rings (SSSR count). The van der Waals surface area contributed by atoms with Crippen molar-refractivity contribution < 1.29 is 4.79 Å². The third-order valence-corrected chi connectivity index (χ3v) is 1.53. The van der Waals surface area contributed by atoms with Gasteiger partial charge in [-0.05, 0) is 19.9 Å². The van der Waals surface area contributed by atoms with E-state index < -0.39 is 0 Å². The van der Waals surface area contributed by atoms with Crippen molar-refractivity contribution in [3.63, 3.8) is 0 Å². The molecule has 0 aromatic heterocycles. The lowest BCUT2D eigenvalue weighted by molar-refractivity contribution is -0.121. The molecule has 46 valence electrons. The summed E-state index contributed by atoms with van der Waals surface area (Å²) in [6.07, 6.45) is 1.79. The molecule has 0 bridgehead atoms. The summed E-state index contributed by atoms with van der Waals surface area (Å²) >= 11 is 0. The fourth-order valence-corrected chi connectivity index (χ4v) is 0.912. The monoisotopic (exact) mass is 113 g/mol. The molecule has 1 aliphatic rings. The number of carbonyl (C=O) groups excluding carboxylic acids is 1. The third-order valence-electron chi connectivity index (χ3n) is 1.53. The van der Waals surface area contributed by atoms with Crippen LogP contribution in [0.5, 0.6) is 0 Å². The zero-order chi connectivity index (χ0) is 5.98. The molecule has 1 heterocycles. The van der Waals surface area contributed by atoms with Crippen LogP contribution in [0.2, 0.25) is 0 Å². The molecule has 0 saturated carbocycles. The van der Waals surface area contributed by atoms with Gasteiger partial charge in [0, 0.05) is 6.42 Å². The molecule has 1 fully saturated rings. The molecule has 2 heteroatoms. The molecule has 0 spiro atoms. The average molecular weight is 113 g/mol. The highest BCUT2D eigenvalue weighted by molar-refractivity contribution is 5.84. The summed E-state index contributed by atoms with van der Waals surface area (Å²) in [6.45, 7) is 2.92. The van der Waals surface area contributed by atoms with E-state index in [0.29, 0.717) is 5.78 Å². The van der Waals surface area contributed by atoms with Crippen LogP contribution < -0.4 is 5.32 Å². The van der Waals surface area contributed by atoms with Crippen LogP contribution in [0.25, 0.3) is 0 Å². The quantitative estimate of drug-likeness (QED) is 0.490. The van der Waals surface area contributed by atoms with Gasteiger partial charge in [-0.1, -0.05) is 0 Å². The Morgan fingerprint density at radius 2 is 2.50 bits per heavy atom. The van der Waals surface area contributed by atoms with E-state index in [2.05, 4.69) is 5.32 Å². The Kier molecular flexibility index (Phi) is 1.63. The number of Topliss-reactive ketones (excluding diaryl/α,β-unsaturated/α-hetero) is 1. The lowest BCUT2D eigenvalue weighted by atomic mass is 10.1. The summed E-state index contributed by atoms with van der Waals surface area (Å²) in [5, 5.41) is 3.08. The van der Waals surface area contributed by atoms with Crippen LogP contribution in [0.15, 0.2) is 0 Å². The van der Waals surface area contributed by atoms with Crippen LogP contribution in [-0.2, 0) is 4.79 Å². The molecule has 2 nitrogen and oxygen atoms in total. The largest absolute Gasteiger partial charge is 0.308 e. The molecule has 0 aromatic rings. The first kappa shape index (κ1) is 5.76. The number of ketones is 1. The van der Waals surface area contributed by atoms with Gasteiger partial charge in [0.15, 0.2) is 0 Å². The van der Waals surface area contributed by atoms with E-state index in [1.54, 1.807) is 0 Å². The number of nitrogens with one attached hydrogen (secondary N) is 1. The van der Waals surface area contributed by atoms with Gasteiger partial charge in [0.05, 0.1) is 6.04 Å². The Labute approximate surface area is 49.3 Å². The first-order chi connectivity index (χ1) is 3.80. The molecular weight excluding hydrogens is 102 g/mol. The summed E-state index contributed by atoms with van der Waals surface area (Å²) in [5.41, 5.74) is 0. The Morgan fingerprint density at radius 3 is 2.88 bits per heavy atom. The smallest absolute Gasteiger partial charge is 0.149 e. The highest BCUT2D eigenvalue weighted by Crippen LogP contribution is 2.00. The lowest BCUT2D eigenvalue weighted by Crippen LogP contribution is -2.39. The van der Waals surface area contributed by atoms with E-state index in [9.17, 15) is 4.79 Å². The predicted molar refractivity (Wildman–Crippen MR) is 31.7 cm³/mol. The minimum Gasteiger partial charge on any atom is -0.308 e. The van der Waals surface area contributed by atoms with Gasteiger partial charge in [-0.2, -0.15) is 0 Å². The van der Waals surface area contributed by atoms with Crippen molar-refractivity contribution in [3.8, 4) is 0 Å². The van der Waals surface area contributed by atoms with Crippen LogP contribution in [0.4, 0.5) is 0 Å². The second-order valence-electron chi connectivity index (χ2n) is 2.25. The van der Waals surface area contributed by atoms with Gasteiger partial charge in [-0.3, -0.25) is 4.79 Å². The Hall–Kier alpha value is -0.370. The first-order valence-corrected chi connectivity index (χ1v) is 3.07. The second-order valence-corrected chi connectivity index (χ2v) is 2.25. The number of hydrogen-bond donors (Lipinski definition) is 1. The van der Waals surface area contributed by atoms with Crippen molar-refractivity contribution in [1.82, 2.24) is 5.32 Å². The van der Waals surface area contributed by atoms with Crippen molar-refractivity contribution in [3.05, 3.63) is 0 Å². The van der Waals surface area contributed by atoms with Gasteiger partial charge in [-0.15, -0.1) is 0 Å². The molecule has 0 aliphatic carbocycles. The fourth-order valence-electron chi connectivity index (χ4n) is 0.912. The summed E-state index contributed by atoms with van der Waals surface area (Å²) in [4.78, 5) is 10.7. The molecule has 1 aliphatic heterocycles. The fraction of sp³-hybridized carbons (Fsp3) is 0.833. The molecule has 0 aromatic carbocycles. The zero-order valence-electron chi connectivity index (χ0n) is 5.11. The van der Waals surface area contributed by atoms with Gasteiger partial charge in [-0.25, -0.2) is 0 Å². The summed E-state index contributed by atoms with van der Waals surface area (Å²) in [6, 6.07) is 0.115. The molecule has 1 N–H and O–H groups in total. The molecule has 0 amide bonds. The van der Waals surface area contributed by atoms with Crippen molar-refractivity contribution in [2.24, 2.45) is 0 Å². The van der Waals surface area contributed by atoms with Crippen molar-refractivity contribution in [1.29, 1.82) is 0 Å². The van der Waals surface area contributed by atoms with E-state index >= 15 is 0 Å². The lowest BCUT2D eigenvalue weighted by Gasteiger charge is -2.17. The number of hydrogen-bond acceptors (Lipinski definition) is 2. The third kappa shape index (κ3) is 1.07. The molecule has 0 unspecified atom stereocenters. The highest BCUT2D eigenvalue weighted by Gasteiger charge is 2.15. The van der Waals surface area contributed by atoms with Gasteiger partial charge in [0.1, 0.15) is 5.78 Å². The van der Waals surface area contributed by atoms with Gasteiger partial charge < -0.3 is 5.32 Å². The maximum absolute atomic E-state index is 10.7. The van der Waals surface area contributed by atoms with Crippen molar-refractivity contribution in [2.45, 2.75) is 25.8 Å². The maximum atomic E-state index is 10.7.